The number of carboxylic acid groups (broad SMARTS) is 1. The van der Waals surface area contributed by atoms with Gasteiger partial charge in [0.25, 0.3) is 0 Å². The summed E-state index contributed by atoms with van der Waals surface area (Å²) >= 11 is 0. The number of piperidine rings is 1. The van der Waals surface area contributed by atoms with Gasteiger partial charge in [0.15, 0.2) is 0 Å². The molecule has 27 heavy (non-hydrogen) atoms. The average Bonchev–Trinajstić information content (AvgIpc) is 2.52. The fourth-order valence-electron chi connectivity index (χ4n) is 4.61. The summed E-state index contributed by atoms with van der Waals surface area (Å²) in [4.78, 5) is 12.7. The maximum Gasteiger partial charge on any atom is 0.407 e. The van der Waals surface area contributed by atoms with Crippen molar-refractivity contribution in [3.63, 3.8) is 0 Å². The van der Waals surface area contributed by atoms with E-state index in [1.807, 2.05) is 32.9 Å². The number of aryl methyl sites for hydroxylation is 1. The zero-order chi connectivity index (χ0) is 20.0. The third-order valence-electron chi connectivity index (χ3n) is 6.02. The second-order valence-electron chi connectivity index (χ2n) is 8.86. The van der Waals surface area contributed by atoms with Crippen molar-refractivity contribution in [3.05, 3.63) is 35.4 Å². The summed E-state index contributed by atoms with van der Waals surface area (Å²) in [5.41, 5.74) is 2.14. The molecule has 3 rings (SSSR count). The lowest BCUT2D eigenvalue weighted by Gasteiger charge is -2.53. The van der Waals surface area contributed by atoms with Crippen LogP contribution in [0, 0.1) is 12.3 Å². The van der Waals surface area contributed by atoms with Gasteiger partial charge in [-0.2, -0.15) is 0 Å². The van der Waals surface area contributed by atoms with Crippen molar-refractivity contribution in [2.24, 2.45) is 5.41 Å². The van der Waals surface area contributed by atoms with Crippen LogP contribution >= 0.6 is 0 Å². The molecule has 0 bridgehead atoms. The number of hydrogen-bond acceptors (Lipinski definition) is 3. The van der Waals surface area contributed by atoms with Crippen LogP contribution in [-0.4, -0.2) is 59.7 Å². The van der Waals surface area contributed by atoms with E-state index < -0.39 is 32.8 Å². The van der Waals surface area contributed by atoms with Crippen LogP contribution in [0.3, 0.4) is 0 Å². The molecule has 7 heteroatoms. The number of sulfonamides is 1. The van der Waals surface area contributed by atoms with E-state index in [4.69, 9.17) is 0 Å². The Morgan fingerprint density at radius 3 is 2.26 bits per heavy atom. The minimum Gasteiger partial charge on any atom is -0.465 e. The number of benzene rings is 1. The van der Waals surface area contributed by atoms with Crippen molar-refractivity contribution in [1.29, 1.82) is 0 Å². The third kappa shape index (κ3) is 3.72. The Kier molecular flexibility index (Phi) is 5.29. The molecule has 2 aliphatic heterocycles. The van der Waals surface area contributed by atoms with Gasteiger partial charge in [-0.05, 0) is 42.2 Å². The third-order valence-corrected chi connectivity index (χ3v) is 8.28. The summed E-state index contributed by atoms with van der Waals surface area (Å²) < 4.78 is 28.0. The molecule has 0 radical (unpaired) electrons. The maximum absolute atomic E-state index is 13.2. The zero-order valence-electron chi connectivity index (χ0n) is 16.6. The molecule has 2 saturated heterocycles. The highest BCUT2D eigenvalue weighted by Crippen LogP contribution is 2.40. The number of amides is 1. The van der Waals surface area contributed by atoms with Crippen molar-refractivity contribution in [2.45, 2.75) is 57.7 Å². The van der Waals surface area contributed by atoms with Crippen LogP contribution in [0.5, 0.6) is 0 Å². The molecule has 2 aliphatic rings. The van der Waals surface area contributed by atoms with E-state index in [2.05, 4.69) is 19.1 Å². The van der Waals surface area contributed by atoms with Crippen LogP contribution < -0.4 is 0 Å². The number of carbonyl (C=O) groups is 1. The zero-order valence-corrected chi connectivity index (χ0v) is 17.4. The van der Waals surface area contributed by atoms with E-state index in [-0.39, 0.29) is 6.54 Å². The van der Waals surface area contributed by atoms with Gasteiger partial charge in [0, 0.05) is 19.6 Å². The normalized spacial score (nSPS) is 25.3. The van der Waals surface area contributed by atoms with E-state index in [1.165, 1.54) is 16.0 Å². The molecule has 2 heterocycles. The Hall–Kier alpha value is -1.60. The second kappa shape index (κ2) is 7.09. The van der Waals surface area contributed by atoms with Crippen molar-refractivity contribution < 1.29 is 18.3 Å². The largest absolute Gasteiger partial charge is 0.465 e. The Labute approximate surface area is 162 Å². The molecular formula is C20H30N2O4S. The predicted molar refractivity (Wildman–Crippen MR) is 105 cm³/mol. The fourth-order valence-corrected chi connectivity index (χ4v) is 6.94. The molecule has 1 N–H and O–H groups in total. The summed E-state index contributed by atoms with van der Waals surface area (Å²) in [5.74, 6) is 0.382. The Morgan fingerprint density at radius 1 is 1.15 bits per heavy atom. The van der Waals surface area contributed by atoms with Gasteiger partial charge >= 0.3 is 6.09 Å². The first-order valence-electron chi connectivity index (χ1n) is 9.57. The van der Waals surface area contributed by atoms with Gasteiger partial charge in [-0.25, -0.2) is 17.5 Å². The Balaban J connectivity index is 1.72. The van der Waals surface area contributed by atoms with Crippen LogP contribution in [0.4, 0.5) is 4.79 Å². The molecule has 2 unspecified atom stereocenters. The molecule has 0 aliphatic carbocycles. The Morgan fingerprint density at radius 2 is 1.74 bits per heavy atom. The van der Waals surface area contributed by atoms with E-state index >= 15 is 0 Å². The quantitative estimate of drug-likeness (QED) is 0.853. The standard InChI is InChI=1S/C20H30N2O4S/c1-14-7-5-6-8-16(14)15-9-11-21(12-10-15)27(25,26)17-13-22(19(23)24)18(17)20(2,3)4/h5-8,15,17-18H,9-13H2,1-4H3,(H,23,24). The van der Waals surface area contributed by atoms with E-state index in [1.54, 1.807) is 4.31 Å². The highest BCUT2D eigenvalue weighted by atomic mass is 32.2. The van der Waals surface area contributed by atoms with Gasteiger partial charge in [0.1, 0.15) is 5.25 Å². The number of hydrogen-bond donors (Lipinski definition) is 1. The predicted octanol–water partition coefficient (Wildman–Crippen LogP) is 3.28. The highest BCUT2D eigenvalue weighted by Gasteiger charge is 2.55. The van der Waals surface area contributed by atoms with E-state index in [9.17, 15) is 18.3 Å². The first-order chi connectivity index (χ1) is 12.5. The van der Waals surface area contributed by atoms with E-state index in [0.717, 1.165) is 12.8 Å². The maximum atomic E-state index is 13.2. The highest BCUT2D eigenvalue weighted by molar-refractivity contribution is 7.89. The smallest absolute Gasteiger partial charge is 0.407 e. The van der Waals surface area contributed by atoms with Crippen molar-refractivity contribution in [1.82, 2.24) is 9.21 Å². The lowest BCUT2D eigenvalue weighted by Crippen LogP contribution is -2.70. The molecular weight excluding hydrogens is 364 g/mol. The topological polar surface area (TPSA) is 77.9 Å². The lowest BCUT2D eigenvalue weighted by molar-refractivity contribution is 0.0218. The molecule has 0 spiro atoms. The van der Waals surface area contributed by atoms with E-state index in [0.29, 0.717) is 19.0 Å². The molecule has 150 valence electrons. The minimum absolute atomic E-state index is 0.0668. The van der Waals surface area contributed by atoms with Crippen LogP contribution in [0.1, 0.15) is 50.7 Å². The number of likely N-dealkylation sites (tertiary alicyclic amines) is 1. The van der Waals surface area contributed by atoms with Gasteiger partial charge in [-0.3, -0.25) is 0 Å². The molecule has 1 amide bonds. The summed E-state index contributed by atoms with van der Waals surface area (Å²) in [5, 5.41) is 8.72. The Bertz CT molecular complexity index is 808. The van der Waals surface area contributed by atoms with Crippen LogP contribution in [-0.2, 0) is 10.0 Å². The monoisotopic (exact) mass is 394 g/mol. The molecule has 0 saturated carbocycles. The average molecular weight is 395 g/mol. The number of rotatable bonds is 3. The summed E-state index contributed by atoms with van der Waals surface area (Å²) in [6, 6.07) is 7.79. The van der Waals surface area contributed by atoms with Crippen molar-refractivity contribution >= 4 is 16.1 Å². The van der Waals surface area contributed by atoms with Crippen LogP contribution in [0.15, 0.2) is 24.3 Å². The molecule has 1 aromatic carbocycles. The lowest BCUT2D eigenvalue weighted by atomic mass is 9.79. The SMILES string of the molecule is Cc1ccccc1C1CCN(S(=O)(=O)C2CN(C(=O)O)C2C(C)(C)C)CC1. The first kappa shape index (κ1) is 20.1. The fraction of sp³-hybridized carbons (Fsp3) is 0.650. The molecule has 2 atom stereocenters. The van der Waals surface area contributed by atoms with Gasteiger partial charge in [0.05, 0.1) is 6.04 Å². The van der Waals surface area contributed by atoms with Crippen LogP contribution in [0.2, 0.25) is 0 Å². The van der Waals surface area contributed by atoms with Crippen molar-refractivity contribution in [2.75, 3.05) is 19.6 Å². The van der Waals surface area contributed by atoms with Crippen LogP contribution in [0.25, 0.3) is 0 Å². The minimum atomic E-state index is -3.51. The van der Waals surface area contributed by atoms with Crippen molar-refractivity contribution in [3.8, 4) is 0 Å². The number of nitrogens with zero attached hydrogens (tertiary/aromatic N) is 2. The summed E-state index contributed by atoms with van der Waals surface area (Å²) in [6.07, 6.45) is 0.568. The summed E-state index contributed by atoms with van der Waals surface area (Å²) in [7, 11) is -3.51. The molecule has 1 aromatic rings. The molecule has 0 aromatic heterocycles. The second-order valence-corrected chi connectivity index (χ2v) is 11.0. The van der Waals surface area contributed by atoms with Gasteiger partial charge in [0.2, 0.25) is 10.0 Å². The van der Waals surface area contributed by atoms with Gasteiger partial charge < -0.3 is 10.0 Å². The van der Waals surface area contributed by atoms with Gasteiger partial charge in [-0.1, -0.05) is 45.0 Å². The molecule has 2 fully saturated rings. The first-order valence-corrected chi connectivity index (χ1v) is 11.1. The molecule has 6 nitrogen and oxygen atoms in total. The van der Waals surface area contributed by atoms with Gasteiger partial charge in [-0.15, -0.1) is 0 Å². The summed E-state index contributed by atoms with van der Waals surface area (Å²) in [6.45, 7) is 8.88.